The summed E-state index contributed by atoms with van der Waals surface area (Å²) in [5.41, 5.74) is 2.42. The molecule has 0 aromatic heterocycles. The van der Waals surface area contributed by atoms with Crippen LogP contribution in [-0.4, -0.2) is 50.1 Å². The number of anilines is 1. The van der Waals surface area contributed by atoms with E-state index in [0.717, 1.165) is 16.8 Å². The fraction of sp³-hybridized carbons (Fsp3) is 0.533. The number of rotatable bonds is 9. The molecule has 118 valence electrons. The van der Waals surface area contributed by atoms with Crippen molar-refractivity contribution >= 4 is 11.7 Å². The molecule has 0 amide bonds. The molecule has 6 heteroatoms. The van der Waals surface area contributed by atoms with Crippen molar-refractivity contribution in [3.8, 4) is 0 Å². The van der Waals surface area contributed by atoms with Crippen molar-refractivity contribution in [1.82, 2.24) is 0 Å². The molecule has 0 fully saturated rings. The Hall–Kier alpha value is -1.63. The molecule has 0 spiro atoms. The number of nitrogens with zero attached hydrogens (tertiary/aromatic N) is 1. The summed E-state index contributed by atoms with van der Waals surface area (Å²) in [5, 5.41) is 18.4. The first-order valence-corrected chi connectivity index (χ1v) is 6.81. The Bertz CT molecular complexity index is 427. The zero-order valence-corrected chi connectivity index (χ0v) is 12.5. The minimum atomic E-state index is -0.286. The standard InChI is InChI=1S/C15H23NO5/c1-16(4-6-21-5-3-15(19)20-2)14-8-12(10-17)7-13(9-14)11-18/h7-9,17-18H,3-6,10-11H2,1-2H3. The maximum Gasteiger partial charge on any atom is 0.307 e. The summed E-state index contributed by atoms with van der Waals surface area (Å²) in [5.74, 6) is -0.286. The number of aliphatic hydroxyl groups excluding tert-OH is 2. The zero-order valence-electron chi connectivity index (χ0n) is 12.5. The molecule has 1 aromatic carbocycles. The van der Waals surface area contributed by atoms with Gasteiger partial charge in [-0.3, -0.25) is 4.79 Å². The van der Waals surface area contributed by atoms with Crippen LogP contribution in [0, 0.1) is 0 Å². The molecule has 1 rings (SSSR count). The average molecular weight is 297 g/mol. The van der Waals surface area contributed by atoms with Gasteiger partial charge in [0.15, 0.2) is 0 Å². The lowest BCUT2D eigenvalue weighted by molar-refractivity contribution is -0.141. The quantitative estimate of drug-likeness (QED) is 0.516. The second-order valence-electron chi connectivity index (χ2n) is 4.68. The zero-order chi connectivity index (χ0) is 15.7. The van der Waals surface area contributed by atoms with E-state index >= 15 is 0 Å². The Morgan fingerprint density at radius 2 is 1.76 bits per heavy atom. The molecule has 0 heterocycles. The van der Waals surface area contributed by atoms with Crippen LogP contribution in [0.25, 0.3) is 0 Å². The Kier molecular flexibility index (Phi) is 7.74. The molecular weight excluding hydrogens is 274 g/mol. The normalized spacial score (nSPS) is 10.5. The molecule has 0 unspecified atom stereocenters. The minimum absolute atomic E-state index is 0.0652. The molecule has 0 saturated carbocycles. The van der Waals surface area contributed by atoms with Gasteiger partial charge >= 0.3 is 5.97 Å². The summed E-state index contributed by atoms with van der Waals surface area (Å²) in [7, 11) is 3.25. The van der Waals surface area contributed by atoms with Gasteiger partial charge in [0, 0.05) is 19.3 Å². The second kappa shape index (κ2) is 9.33. The Morgan fingerprint density at radius 3 is 2.29 bits per heavy atom. The van der Waals surface area contributed by atoms with Gasteiger partial charge in [-0.1, -0.05) is 6.07 Å². The van der Waals surface area contributed by atoms with Gasteiger partial charge < -0.3 is 24.6 Å². The number of benzene rings is 1. The molecule has 0 aliphatic carbocycles. The SMILES string of the molecule is COC(=O)CCOCCN(C)c1cc(CO)cc(CO)c1. The van der Waals surface area contributed by atoms with Gasteiger partial charge in [-0.05, 0) is 23.3 Å². The number of ether oxygens (including phenoxy) is 2. The van der Waals surface area contributed by atoms with Crippen LogP contribution in [0.5, 0.6) is 0 Å². The third kappa shape index (κ3) is 6.12. The Labute approximate surface area is 124 Å². The fourth-order valence-electron chi connectivity index (χ4n) is 1.84. The van der Waals surface area contributed by atoms with E-state index in [9.17, 15) is 15.0 Å². The molecular formula is C15H23NO5. The van der Waals surface area contributed by atoms with E-state index in [4.69, 9.17) is 4.74 Å². The number of carbonyl (C=O) groups is 1. The smallest absolute Gasteiger partial charge is 0.307 e. The van der Waals surface area contributed by atoms with Crippen molar-refractivity contribution in [3.63, 3.8) is 0 Å². The molecule has 21 heavy (non-hydrogen) atoms. The summed E-state index contributed by atoms with van der Waals surface area (Å²) < 4.78 is 9.89. The lowest BCUT2D eigenvalue weighted by atomic mass is 10.1. The number of hydrogen-bond acceptors (Lipinski definition) is 6. The van der Waals surface area contributed by atoms with Gasteiger partial charge in [0.05, 0.1) is 40.0 Å². The maximum absolute atomic E-state index is 10.9. The van der Waals surface area contributed by atoms with Crippen LogP contribution in [0.4, 0.5) is 5.69 Å². The molecule has 6 nitrogen and oxygen atoms in total. The highest BCUT2D eigenvalue weighted by molar-refractivity contribution is 5.69. The van der Waals surface area contributed by atoms with Crippen LogP contribution in [0.3, 0.4) is 0 Å². The van der Waals surface area contributed by atoms with E-state index < -0.39 is 0 Å². The van der Waals surface area contributed by atoms with Crippen LogP contribution < -0.4 is 4.90 Å². The number of aliphatic hydroxyl groups is 2. The highest BCUT2D eigenvalue weighted by atomic mass is 16.5. The van der Waals surface area contributed by atoms with Crippen LogP contribution in [0.1, 0.15) is 17.5 Å². The molecule has 0 bridgehead atoms. The van der Waals surface area contributed by atoms with E-state index in [1.165, 1.54) is 7.11 Å². The monoisotopic (exact) mass is 297 g/mol. The summed E-state index contributed by atoms with van der Waals surface area (Å²) in [6.07, 6.45) is 0.245. The van der Waals surface area contributed by atoms with E-state index in [-0.39, 0.29) is 25.6 Å². The average Bonchev–Trinajstić information content (AvgIpc) is 2.53. The van der Waals surface area contributed by atoms with E-state index in [1.54, 1.807) is 6.07 Å². The number of hydrogen-bond donors (Lipinski definition) is 2. The summed E-state index contributed by atoms with van der Waals surface area (Å²) in [4.78, 5) is 12.9. The van der Waals surface area contributed by atoms with Crippen molar-refractivity contribution in [2.75, 3.05) is 38.8 Å². The van der Waals surface area contributed by atoms with Crippen LogP contribution in [0.15, 0.2) is 18.2 Å². The maximum atomic E-state index is 10.9. The number of likely N-dealkylation sites (N-methyl/N-ethyl adjacent to an activating group) is 1. The van der Waals surface area contributed by atoms with Crippen LogP contribution in [-0.2, 0) is 27.5 Å². The number of methoxy groups -OCH3 is 1. The lowest BCUT2D eigenvalue weighted by Crippen LogP contribution is -2.23. The summed E-state index contributed by atoms with van der Waals surface area (Å²) in [6, 6.07) is 5.51. The molecule has 2 N–H and O–H groups in total. The second-order valence-corrected chi connectivity index (χ2v) is 4.68. The highest BCUT2D eigenvalue weighted by Gasteiger charge is 2.06. The lowest BCUT2D eigenvalue weighted by Gasteiger charge is -2.20. The van der Waals surface area contributed by atoms with Gasteiger partial charge in [-0.15, -0.1) is 0 Å². The van der Waals surface area contributed by atoms with Gasteiger partial charge in [0.1, 0.15) is 0 Å². The highest BCUT2D eigenvalue weighted by Crippen LogP contribution is 2.18. The molecule has 1 aromatic rings. The third-order valence-electron chi connectivity index (χ3n) is 3.09. The summed E-state index contributed by atoms with van der Waals surface area (Å²) >= 11 is 0. The van der Waals surface area contributed by atoms with Crippen molar-refractivity contribution in [2.24, 2.45) is 0 Å². The van der Waals surface area contributed by atoms with E-state index in [1.807, 2.05) is 24.1 Å². The predicted octanol–water partition coefficient (Wildman–Crippen LogP) is 0.687. The fourth-order valence-corrected chi connectivity index (χ4v) is 1.84. The van der Waals surface area contributed by atoms with Gasteiger partial charge in [0.25, 0.3) is 0 Å². The molecule has 0 aliphatic heterocycles. The third-order valence-corrected chi connectivity index (χ3v) is 3.09. The molecule has 0 atom stereocenters. The number of carbonyl (C=O) groups excluding carboxylic acids is 1. The van der Waals surface area contributed by atoms with Crippen molar-refractivity contribution in [1.29, 1.82) is 0 Å². The van der Waals surface area contributed by atoms with Crippen molar-refractivity contribution < 1.29 is 24.5 Å². The van der Waals surface area contributed by atoms with E-state index in [2.05, 4.69) is 4.74 Å². The minimum Gasteiger partial charge on any atom is -0.469 e. The largest absolute Gasteiger partial charge is 0.469 e. The van der Waals surface area contributed by atoms with Gasteiger partial charge in [0.2, 0.25) is 0 Å². The topological polar surface area (TPSA) is 79.2 Å². The van der Waals surface area contributed by atoms with Crippen LogP contribution in [0.2, 0.25) is 0 Å². The predicted molar refractivity (Wildman–Crippen MR) is 79.0 cm³/mol. The van der Waals surface area contributed by atoms with Crippen LogP contribution >= 0.6 is 0 Å². The van der Waals surface area contributed by atoms with Crippen molar-refractivity contribution in [3.05, 3.63) is 29.3 Å². The van der Waals surface area contributed by atoms with Crippen molar-refractivity contribution in [2.45, 2.75) is 19.6 Å². The van der Waals surface area contributed by atoms with E-state index in [0.29, 0.717) is 19.8 Å². The Morgan fingerprint density at radius 1 is 1.14 bits per heavy atom. The van der Waals surface area contributed by atoms with Gasteiger partial charge in [-0.25, -0.2) is 0 Å². The molecule has 0 saturated heterocycles. The first kappa shape index (κ1) is 17.4. The molecule has 0 aliphatic rings. The number of esters is 1. The first-order chi connectivity index (χ1) is 10.1. The summed E-state index contributed by atoms with van der Waals surface area (Å²) in [6.45, 7) is 1.32. The first-order valence-electron chi connectivity index (χ1n) is 6.81. The Balaban J connectivity index is 2.44. The van der Waals surface area contributed by atoms with Gasteiger partial charge in [-0.2, -0.15) is 0 Å². The molecule has 0 radical (unpaired) electrons.